The number of primary amides is 1. The van der Waals surface area contributed by atoms with E-state index in [1.165, 1.54) is 0 Å². The Labute approximate surface area is 190 Å². The van der Waals surface area contributed by atoms with Gasteiger partial charge in [0.05, 0.1) is 0 Å². The molecule has 32 heavy (non-hydrogen) atoms. The van der Waals surface area contributed by atoms with Gasteiger partial charge in [-0.05, 0) is 53.1 Å². The summed E-state index contributed by atoms with van der Waals surface area (Å²) in [6.45, 7) is 4.42. The average molecular weight is 451 g/mol. The fraction of sp³-hybridized carbons (Fsp3) is 0.269. The van der Waals surface area contributed by atoms with Gasteiger partial charge >= 0.3 is 0 Å². The standard InChI is InChI=1S/C26H30N2O3S/c1-19(2)18-25(23-6-4-3-5-7-23)32(30,31)28-17-16-20-8-10-21(11-9-20)22-12-14-24(15-13-22)26(27)29/h3-15,19,25,28H,16-18H2,1-2H3,(H2,27,29)/t25-/m0/s1. The maximum Gasteiger partial charge on any atom is 0.248 e. The molecule has 0 aliphatic rings. The molecular formula is C26H30N2O3S. The zero-order valence-corrected chi connectivity index (χ0v) is 19.3. The first-order chi connectivity index (χ1) is 15.3. The van der Waals surface area contributed by atoms with Gasteiger partial charge in [-0.2, -0.15) is 0 Å². The van der Waals surface area contributed by atoms with Crippen molar-refractivity contribution in [3.05, 3.63) is 95.6 Å². The minimum absolute atomic E-state index is 0.265. The lowest BCUT2D eigenvalue weighted by Crippen LogP contribution is -2.31. The molecule has 168 valence electrons. The Hall–Kier alpha value is -2.96. The number of carbonyl (C=O) groups is 1. The summed E-state index contributed by atoms with van der Waals surface area (Å²) >= 11 is 0. The van der Waals surface area contributed by atoms with E-state index in [1.807, 2.05) is 80.6 Å². The maximum atomic E-state index is 13.0. The Morgan fingerprint density at radius 1 is 0.875 bits per heavy atom. The van der Waals surface area contributed by atoms with Crippen LogP contribution in [0.3, 0.4) is 0 Å². The third kappa shape index (κ3) is 6.28. The second-order valence-electron chi connectivity index (χ2n) is 8.36. The molecule has 0 aliphatic heterocycles. The van der Waals surface area contributed by atoms with Crippen molar-refractivity contribution in [3.63, 3.8) is 0 Å². The van der Waals surface area contributed by atoms with Gasteiger partial charge in [-0.1, -0.05) is 80.6 Å². The number of benzene rings is 3. The quantitative estimate of drug-likeness (QED) is 0.469. The number of hydrogen-bond acceptors (Lipinski definition) is 3. The molecule has 5 nitrogen and oxygen atoms in total. The van der Waals surface area contributed by atoms with Crippen LogP contribution in [0.2, 0.25) is 0 Å². The van der Waals surface area contributed by atoms with Crippen molar-refractivity contribution in [2.24, 2.45) is 11.7 Å². The maximum absolute atomic E-state index is 13.0. The third-order valence-electron chi connectivity index (χ3n) is 5.41. The van der Waals surface area contributed by atoms with Gasteiger partial charge in [-0.15, -0.1) is 0 Å². The number of carbonyl (C=O) groups excluding carboxylic acids is 1. The molecule has 0 unspecified atom stereocenters. The van der Waals surface area contributed by atoms with E-state index in [4.69, 9.17) is 5.73 Å². The summed E-state index contributed by atoms with van der Waals surface area (Å²) in [5.74, 6) is -0.182. The summed E-state index contributed by atoms with van der Waals surface area (Å²) in [4.78, 5) is 11.2. The monoisotopic (exact) mass is 450 g/mol. The number of sulfonamides is 1. The predicted molar refractivity (Wildman–Crippen MR) is 130 cm³/mol. The van der Waals surface area contributed by atoms with Crippen LogP contribution in [0.4, 0.5) is 0 Å². The molecule has 3 aromatic rings. The molecular weight excluding hydrogens is 420 g/mol. The van der Waals surface area contributed by atoms with Crippen LogP contribution in [0.1, 0.15) is 47.0 Å². The molecule has 0 radical (unpaired) electrons. The highest BCUT2D eigenvalue weighted by molar-refractivity contribution is 7.89. The van der Waals surface area contributed by atoms with Crippen molar-refractivity contribution in [2.45, 2.75) is 31.9 Å². The van der Waals surface area contributed by atoms with Crippen LogP contribution in [0.15, 0.2) is 78.9 Å². The number of nitrogens with two attached hydrogens (primary N) is 1. The van der Waals surface area contributed by atoms with Crippen LogP contribution < -0.4 is 10.5 Å². The average Bonchev–Trinajstić information content (AvgIpc) is 2.78. The normalized spacial score (nSPS) is 12.6. The number of nitrogens with one attached hydrogen (secondary N) is 1. The fourth-order valence-corrected chi connectivity index (χ4v) is 5.41. The van der Waals surface area contributed by atoms with E-state index in [0.29, 0.717) is 24.9 Å². The minimum Gasteiger partial charge on any atom is -0.366 e. The van der Waals surface area contributed by atoms with Crippen LogP contribution in [0.5, 0.6) is 0 Å². The van der Waals surface area contributed by atoms with E-state index < -0.39 is 21.2 Å². The van der Waals surface area contributed by atoms with Crippen LogP contribution in [-0.2, 0) is 16.4 Å². The van der Waals surface area contributed by atoms with Gasteiger partial charge in [-0.25, -0.2) is 13.1 Å². The van der Waals surface area contributed by atoms with E-state index in [0.717, 1.165) is 22.3 Å². The minimum atomic E-state index is -3.49. The van der Waals surface area contributed by atoms with Crippen LogP contribution in [0.25, 0.3) is 11.1 Å². The van der Waals surface area contributed by atoms with Gasteiger partial charge in [-0.3, -0.25) is 4.79 Å². The molecule has 0 fully saturated rings. The first-order valence-electron chi connectivity index (χ1n) is 10.8. The lowest BCUT2D eigenvalue weighted by Gasteiger charge is -2.20. The Morgan fingerprint density at radius 2 is 1.44 bits per heavy atom. The SMILES string of the molecule is CC(C)C[C@@H](c1ccccc1)S(=O)(=O)NCCc1ccc(-c2ccc(C(N)=O)cc2)cc1. The van der Waals surface area contributed by atoms with Crippen molar-refractivity contribution < 1.29 is 13.2 Å². The van der Waals surface area contributed by atoms with Gasteiger partial charge < -0.3 is 5.73 Å². The molecule has 0 saturated heterocycles. The zero-order chi connectivity index (χ0) is 23.1. The Balaban J connectivity index is 1.63. The summed E-state index contributed by atoms with van der Waals surface area (Å²) in [5, 5.41) is -0.561. The Morgan fingerprint density at radius 3 is 1.97 bits per heavy atom. The first-order valence-corrected chi connectivity index (χ1v) is 12.3. The second kappa shape index (κ2) is 10.6. The molecule has 3 rings (SSSR count). The molecule has 0 spiro atoms. The summed E-state index contributed by atoms with van der Waals surface area (Å²) in [6.07, 6.45) is 1.17. The van der Waals surface area contributed by atoms with E-state index in [9.17, 15) is 13.2 Å². The van der Waals surface area contributed by atoms with Crippen molar-refractivity contribution in [1.82, 2.24) is 4.72 Å². The lowest BCUT2D eigenvalue weighted by atomic mass is 10.0. The molecule has 6 heteroatoms. The van der Waals surface area contributed by atoms with Crippen molar-refractivity contribution in [3.8, 4) is 11.1 Å². The van der Waals surface area contributed by atoms with Crippen molar-refractivity contribution in [1.29, 1.82) is 0 Å². The van der Waals surface area contributed by atoms with E-state index in [-0.39, 0.29) is 5.92 Å². The Kier molecular flexibility index (Phi) is 7.83. The lowest BCUT2D eigenvalue weighted by molar-refractivity contribution is 0.100. The largest absolute Gasteiger partial charge is 0.366 e. The molecule has 0 saturated carbocycles. The van der Waals surface area contributed by atoms with Crippen LogP contribution in [-0.4, -0.2) is 20.9 Å². The molecule has 0 aromatic heterocycles. The van der Waals surface area contributed by atoms with Crippen molar-refractivity contribution >= 4 is 15.9 Å². The predicted octanol–water partition coefficient (Wildman–Crippen LogP) is 4.70. The van der Waals surface area contributed by atoms with Gasteiger partial charge in [0, 0.05) is 12.1 Å². The van der Waals surface area contributed by atoms with Crippen molar-refractivity contribution in [2.75, 3.05) is 6.54 Å². The van der Waals surface area contributed by atoms with Gasteiger partial charge in [0.15, 0.2) is 0 Å². The van der Waals surface area contributed by atoms with Crippen LogP contribution in [0, 0.1) is 5.92 Å². The zero-order valence-electron chi connectivity index (χ0n) is 18.5. The van der Waals surface area contributed by atoms with E-state index >= 15 is 0 Å². The highest BCUT2D eigenvalue weighted by atomic mass is 32.2. The summed E-state index contributed by atoms with van der Waals surface area (Å²) in [5.41, 5.74) is 9.64. The summed E-state index contributed by atoms with van der Waals surface area (Å²) < 4.78 is 28.9. The Bertz CT molecular complexity index is 1120. The smallest absolute Gasteiger partial charge is 0.248 e. The topological polar surface area (TPSA) is 89.3 Å². The number of hydrogen-bond donors (Lipinski definition) is 2. The third-order valence-corrected chi connectivity index (χ3v) is 7.23. The summed E-state index contributed by atoms with van der Waals surface area (Å²) in [7, 11) is -3.49. The van der Waals surface area contributed by atoms with E-state index in [1.54, 1.807) is 12.1 Å². The van der Waals surface area contributed by atoms with E-state index in [2.05, 4.69) is 4.72 Å². The van der Waals surface area contributed by atoms with Crippen LogP contribution >= 0.6 is 0 Å². The fourth-order valence-electron chi connectivity index (χ4n) is 3.67. The molecule has 1 amide bonds. The molecule has 1 atom stereocenters. The molecule has 0 heterocycles. The second-order valence-corrected chi connectivity index (χ2v) is 10.3. The highest BCUT2D eigenvalue weighted by Crippen LogP contribution is 2.28. The van der Waals surface area contributed by atoms with Gasteiger partial charge in [0.2, 0.25) is 15.9 Å². The van der Waals surface area contributed by atoms with Gasteiger partial charge in [0.25, 0.3) is 0 Å². The number of rotatable bonds is 10. The van der Waals surface area contributed by atoms with Gasteiger partial charge in [0.1, 0.15) is 5.25 Å². The molecule has 0 aliphatic carbocycles. The molecule has 0 bridgehead atoms. The highest BCUT2D eigenvalue weighted by Gasteiger charge is 2.27. The molecule has 3 N–H and O–H groups in total. The number of amides is 1. The summed E-state index contributed by atoms with van der Waals surface area (Å²) in [6, 6.07) is 24.5. The molecule has 3 aromatic carbocycles. The first kappa shape index (κ1) is 23.7.